The second kappa shape index (κ2) is 7.64. The first kappa shape index (κ1) is 15.3. The van der Waals surface area contributed by atoms with Gasteiger partial charge < -0.3 is 10.6 Å². The molecule has 102 valence electrons. The molecule has 0 aliphatic carbocycles. The van der Waals surface area contributed by atoms with E-state index in [0.29, 0.717) is 11.1 Å². The van der Waals surface area contributed by atoms with Crippen molar-refractivity contribution in [1.82, 2.24) is 10.6 Å². The van der Waals surface area contributed by atoms with Gasteiger partial charge >= 0.3 is 6.03 Å². The molecule has 2 N–H and O–H groups in total. The third-order valence-corrected chi connectivity index (χ3v) is 3.24. The van der Waals surface area contributed by atoms with Gasteiger partial charge in [-0.05, 0) is 31.4 Å². The SMILES string of the molecule is CSC[C@@H](C)NC(=O)NCc1cc(C#N)ccc1F. The number of benzene rings is 1. The first-order chi connectivity index (χ1) is 9.06. The first-order valence-electron chi connectivity index (χ1n) is 5.78. The van der Waals surface area contributed by atoms with Crippen LogP contribution in [-0.2, 0) is 6.54 Å². The standard InChI is InChI=1S/C13H16FN3OS/c1-9(8-19-2)17-13(18)16-7-11-5-10(6-15)3-4-12(11)14/h3-5,9H,7-8H2,1-2H3,(H2,16,17,18)/t9-/m1/s1. The number of thioether (sulfide) groups is 1. The summed E-state index contributed by atoms with van der Waals surface area (Å²) in [5.74, 6) is 0.377. The van der Waals surface area contributed by atoms with Gasteiger partial charge in [-0.25, -0.2) is 9.18 Å². The Kier molecular flexibility index (Phi) is 6.16. The molecule has 1 atom stereocenters. The van der Waals surface area contributed by atoms with Crippen molar-refractivity contribution in [3.63, 3.8) is 0 Å². The minimum atomic E-state index is -0.434. The van der Waals surface area contributed by atoms with E-state index in [1.54, 1.807) is 11.8 Å². The molecule has 19 heavy (non-hydrogen) atoms. The molecule has 1 aromatic carbocycles. The lowest BCUT2D eigenvalue weighted by Crippen LogP contribution is -2.41. The van der Waals surface area contributed by atoms with E-state index in [1.165, 1.54) is 18.2 Å². The van der Waals surface area contributed by atoms with E-state index in [1.807, 2.05) is 19.2 Å². The lowest BCUT2D eigenvalue weighted by molar-refractivity contribution is 0.238. The number of hydrogen-bond acceptors (Lipinski definition) is 3. The predicted octanol–water partition coefficient (Wildman–Crippen LogP) is 2.25. The molecule has 0 aromatic heterocycles. The number of hydrogen-bond donors (Lipinski definition) is 2. The van der Waals surface area contributed by atoms with Gasteiger partial charge in [-0.1, -0.05) is 0 Å². The molecule has 0 bridgehead atoms. The predicted molar refractivity (Wildman–Crippen MR) is 74.3 cm³/mol. The number of nitrogens with zero attached hydrogens (tertiary/aromatic N) is 1. The fraction of sp³-hybridized carbons (Fsp3) is 0.385. The van der Waals surface area contributed by atoms with Crippen LogP contribution in [0.15, 0.2) is 18.2 Å². The minimum absolute atomic E-state index is 0.0466. The van der Waals surface area contributed by atoms with Crippen molar-refractivity contribution in [3.8, 4) is 6.07 Å². The van der Waals surface area contributed by atoms with Crippen molar-refractivity contribution in [3.05, 3.63) is 35.1 Å². The Bertz CT molecular complexity index is 487. The third-order valence-electron chi connectivity index (χ3n) is 2.41. The Balaban J connectivity index is 2.53. The molecule has 4 nitrogen and oxygen atoms in total. The molecule has 1 aromatic rings. The maximum atomic E-state index is 13.5. The zero-order valence-electron chi connectivity index (χ0n) is 10.9. The summed E-state index contributed by atoms with van der Waals surface area (Å²) in [5, 5.41) is 14.0. The molecule has 0 aliphatic heterocycles. The van der Waals surface area contributed by atoms with Gasteiger partial charge in [0.2, 0.25) is 0 Å². The highest BCUT2D eigenvalue weighted by molar-refractivity contribution is 7.98. The topological polar surface area (TPSA) is 64.9 Å². The molecule has 0 saturated carbocycles. The maximum absolute atomic E-state index is 13.5. The van der Waals surface area contributed by atoms with Gasteiger partial charge in [0.25, 0.3) is 0 Å². The molecule has 6 heteroatoms. The van der Waals surface area contributed by atoms with Crippen molar-refractivity contribution < 1.29 is 9.18 Å². The van der Waals surface area contributed by atoms with Crippen molar-refractivity contribution in [2.45, 2.75) is 19.5 Å². The van der Waals surface area contributed by atoms with Crippen LogP contribution in [0.1, 0.15) is 18.1 Å². The lowest BCUT2D eigenvalue weighted by Gasteiger charge is -2.13. The Hall–Kier alpha value is -1.74. The van der Waals surface area contributed by atoms with Crippen LogP contribution in [0.2, 0.25) is 0 Å². The Morgan fingerprint density at radius 1 is 1.58 bits per heavy atom. The van der Waals surface area contributed by atoms with Crippen molar-refractivity contribution in [1.29, 1.82) is 5.26 Å². The molecule has 0 fully saturated rings. The molecule has 0 aliphatic rings. The van der Waals surface area contributed by atoms with Crippen LogP contribution in [0.3, 0.4) is 0 Å². The normalized spacial score (nSPS) is 11.5. The molecule has 2 amide bonds. The molecule has 1 rings (SSSR count). The summed E-state index contributed by atoms with van der Waals surface area (Å²) in [6.07, 6.45) is 1.96. The fourth-order valence-corrected chi connectivity index (χ4v) is 2.11. The summed E-state index contributed by atoms with van der Waals surface area (Å²) in [6.45, 7) is 1.95. The van der Waals surface area contributed by atoms with Crippen LogP contribution in [0.5, 0.6) is 0 Å². The number of halogens is 1. The van der Waals surface area contributed by atoms with Crippen LogP contribution >= 0.6 is 11.8 Å². The van der Waals surface area contributed by atoms with Gasteiger partial charge in [0, 0.05) is 23.9 Å². The van der Waals surface area contributed by atoms with Gasteiger partial charge in [-0.15, -0.1) is 0 Å². The van der Waals surface area contributed by atoms with Crippen LogP contribution in [0.4, 0.5) is 9.18 Å². The number of amides is 2. The summed E-state index contributed by atoms with van der Waals surface area (Å²) >= 11 is 1.64. The monoisotopic (exact) mass is 281 g/mol. The highest BCUT2D eigenvalue weighted by atomic mass is 32.2. The number of nitriles is 1. The zero-order chi connectivity index (χ0) is 14.3. The number of rotatable bonds is 5. The second-order valence-electron chi connectivity index (χ2n) is 4.10. The van der Waals surface area contributed by atoms with E-state index in [2.05, 4.69) is 10.6 Å². The molecule has 0 heterocycles. The summed E-state index contributed by atoms with van der Waals surface area (Å²) < 4.78 is 13.5. The largest absolute Gasteiger partial charge is 0.335 e. The number of carbonyl (C=O) groups excluding carboxylic acids is 1. The summed E-state index contributed by atoms with van der Waals surface area (Å²) in [7, 11) is 0. The van der Waals surface area contributed by atoms with Crippen LogP contribution in [-0.4, -0.2) is 24.1 Å². The van der Waals surface area contributed by atoms with Crippen molar-refractivity contribution in [2.24, 2.45) is 0 Å². The Morgan fingerprint density at radius 3 is 2.95 bits per heavy atom. The molecular weight excluding hydrogens is 265 g/mol. The van der Waals surface area contributed by atoms with Gasteiger partial charge in [-0.2, -0.15) is 17.0 Å². The Labute approximate surface area is 116 Å². The molecule has 0 spiro atoms. The molecule has 0 saturated heterocycles. The highest BCUT2D eigenvalue weighted by Gasteiger charge is 2.08. The Morgan fingerprint density at radius 2 is 2.32 bits per heavy atom. The quantitative estimate of drug-likeness (QED) is 0.870. The van der Waals surface area contributed by atoms with Gasteiger partial charge in [0.05, 0.1) is 11.6 Å². The maximum Gasteiger partial charge on any atom is 0.315 e. The smallest absolute Gasteiger partial charge is 0.315 e. The van der Waals surface area contributed by atoms with Crippen LogP contribution < -0.4 is 10.6 Å². The fourth-order valence-electron chi connectivity index (χ4n) is 1.52. The van der Waals surface area contributed by atoms with Gasteiger partial charge in [0.15, 0.2) is 0 Å². The van der Waals surface area contributed by atoms with E-state index in [-0.39, 0.29) is 18.6 Å². The third kappa shape index (κ3) is 5.18. The van der Waals surface area contributed by atoms with Crippen LogP contribution in [0.25, 0.3) is 0 Å². The van der Waals surface area contributed by atoms with E-state index >= 15 is 0 Å². The first-order valence-corrected chi connectivity index (χ1v) is 7.18. The lowest BCUT2D eigenvalue weighted by atomic mass is 10.1. The summed E-state index contributed by atoms with van der Waals surface area (Å²) in [5.41, 5.74) is 0.668. The number of nitrogens with one attached hydrogen (secondary N) is 2. The minimum Gasteiger partial charge on any atom is -0.335 e. The van der Waals surface area contributed by atoms with Crippen LogP contribution in [0, 0.1) is 17.1 Å². The van der Waals surface area contributed by atoms with E-state index in [4.69, 9.17) is 5.26 Å². The average Bonchev–Trinajstić information content (AvgIpc) is 2.38. The van der Waals surface area contributed by atoms with Crippen molar-refractivity contribution >= 4 is 17.8 Å². The summed E-state index contributed by atoms with van der Waals surface area (Å²) in [6, 6.07) is 5.70. The van der Waals surface area contributed by atoms with Gasteiger partial charge in [0.1, 0.15) is 5.82 Å². The number of urea groups is 1. The van der Waals surface area contributed by atoms with Gasteiger partial charge in [-0.3, -0.25) is 0 Å². The summed E-state index contributed by atoms with van der Waals surface area (Å²) in [4.78, 5) is 11.5. The van der Waals surface area contributed by atoms with E-state index < -0.39 is 5.82 Å². The van der Waals surface area contributed by atoms with Crippen molar-refractivity contribution in [2.75, 3.05) is 12.0 Å². The zero-order valence-corrected chi connectivity index (χ0v) is 11.7. The van der Waals surface area contributed by atoms with E-state index in [9.17, 15) is 9.18 Å². The molecule has 0 unspecified atom stereocenters. The number of carbonyl (C=O) groups is 1. The molecule has 0 radical (unpaired) electrons. The molecular formula is C13H16FN3OS. The van der Waals surface area contributed by atoms with E-state index in [0.717, 1.165) is 5.75 Å². The highest BCUT2D eigenvalue weighted by Crippen LogP contribution is 2.09. The average molecular weight is 281 g/mol. The second-order valence-corrected chi connectivity index (χ2v) is 5.01.